The first kappa shape index (κ1) is 15.0. The summed E-state index contributed by atoms with van der Waals surface area (Å²) in [4.78, 5) is 2.33. The largest absolute Gasteiger partial charge is 0.378 e. The van der Waals surface area contributed by atoms with Crippen LogP contribution in [0.5, 0.6) is 0 Å². The van der Waals surface area contributed by atoms with Crippen LogP contribution >= 0.6 is 11.3 Å². The van der Waals surface area contributed by atoms with E-state index in [1.165, 1.54) is 5.56 Å². The van der Waals surface area contributed by atoms with Crippen LogP contribution in [0.1, 0.15) is 32.8 Å². The summed E-state index contributed by atoms with van der Waals surface area (Å²) < 4.78 is 5.78. The Morgan fingerprint density at radius 3 is 2.79 bits per heavy atom. The average molecular weight is 282 g/mol. The predicted molar refractivity (Wildman–Crippen MR) is 81.4 cm³/mol. The van der Waals surface area contributed by atoms with Crippen molar-refractivity contribution < 1.29 is 4.74 Å². The second-order valence-corrected chi connectivity index (χ2v) is 7.11. The topological polar surface area (TPSA) is 38.5 Å². The molecule has 1 aliphatic carbocycles. The summed E-state index contributed by atoms with van der Waals surface area (Å²) in [6, 6.07) is 2.18. The minimum Gasteiger partial charge on any atom is -0.378 e. The summed E-state index contributed by atoms with van der Waals surface area (Å²) in [5.74, 6) is 0. The lowest BCUT2D eigenvalue weighted by Crippen LogP contribution is -2.73. The van der Waals surface area contributed by atoms with Gasteiger partial charge >= 0.3 is 0 Å². The van der Waals surface area contributed by atoms with Crippen LogP contribution in [-0.4, -0.2) is 36.7 Å². The Bertz CT molecular complexity index is 404. The normalized spacial score (nSPS) is 29.5. The van der Waals surface area contributed by atoms with Gasteiger partial charge in [0.25, 0.3) is 0 Å². The van der Waals surface area contributed by atoms with Gasteiger partial charge in [-0.2, -0.15) is 11.3 Å². The highest BCUT2D eigenvalue weighted by atomic mass is 32.1. The lowest BCUT2D eigenvalue weighted by Gasteiger charge is -2.60. The Balaban J connectivity index is 1.92. The Morgan fingerprint density at radius 1 is 1.53 bits per heavy atom. The molecule has 0 aromatic carbocycles. The summed E-state index contributed by atoms with van der Waals surface area (Å²) in [5, 5.41) is 4.33. The van der Waals surface area contributed by atoms with Gasteiger partial charge in [0, 0.05) is 30.7 Å². The molecule has 0 aliphatic heterocycles. The molecule has 0 spiro atoms. The van der Waals surface area contributed by atoms with Gasteiger partial charge in [0.05, 0.1) is 6.10 Å². The number of nitrogens with two attached hydrogens (primary N) is 1. The maximum atomic E-state index is 6.61. The molecule has 0 saturated heterocycles. The predicted octanol–water partition coefficient (Wildman–Crippen LogP) is 2.71. The Labute approximate surface area is 120 Å². The van der Waals surface area contributed by atoms with Crippen molar-refractivity contribution in [1.29, 1.82) is 0 Å². The van der Waals surface area contributed by atoms with Crippen molar-refractivity contribution in [2.45, 2.75) is 45.4 Å². The third kappa shape index (κ3) is 2.87. The quantitative estimate of drug-likeness (QED) is 0.872. The fourth-order valence-corrected chi connectivity index (χ4v) is 3.67. The fourth-order valence-electron chi connectivity index (χ4n) is 3.01. The molecule has 2 rings (SSSR count). The van der Waals surface area contributed by atoms with Gasteiger partial charge in [-0.05, 0) is 42.8 Å². The lowest BCUT2D eigenvalue weighted by molar-refractivity contribution is -0.155. The standard InChI is InChI=1S/C15H26N2OS/c1-5-18-13-8-15(16,14(13,2)3)11-17(4)9-12-6-7-19-10-12/h6-7,10,13H,5,8-9,11,16H2,1-4H3. The number of thiophene rings is 1. The average Bonchev–Trinajstić information content (AvgIpc) is 2.81. The third-order valence-corrected chi connectivity index (χ3v) is 5.32. The number of hydrogen-bond donors (Lipinski definition) is 1. The highest BCUT2D eigenvalue weighted by Gasteiger charge is 2.58. The Kier molecular flexibility index (Phi) is 4.35. The van der Waals surface area contributed by atoms with Crippen molar-refractivity contribution in [3.63, 3.8) is 0 Å². The second kappa shape index (κ2) is 5.52. The number of hydrogen-bond acceptors (Lipinski definition) is 4. The van der Waals surface area contributed by atoms with Crippen LogP contribution in [0.25, 0.3) is 0 Å². The lowest BCUT2D eigenvalue weighted by atomic mass is 9.54. The van der Waals surface area contributed by atoms with Crippen LogP contribution in [0.15, 0.2) is 16.8 Å². The SMILES string of the molecule is CCOC1CC(N)(CN(C)Cc2ccsc2)C1(C)C. The van der Waals surface area contributed by atoms with Gasteiger partial charge in [-0.25, -0.2) is 0 Å². The molecule has 1 aliphatic rings. The van der Waals surface area contributed by atoms with Crippen LogP contribution in [0.3, 0.4) is 0 Å². The van der Waals surface area contributed by atoms with Gasteiger partial charge in [0.1, 0.15) is 0 Å². The van der Waals surface area contributed by atoms with E-state index in [1.54, 1.807) is 11.3 Å². The van der Waals surface area contributed by atoms with Crippen LogP contribution in [0.4, 0.5) is 0 Å². The van der Waals surface area contributed by atoms with Gasteiger partial charge in [-0.3, -0.25) is 0 Å². The molecule has 108 valence electrons. The minimum atomic E-state index is -0.141. The van der Waals surface area contributed by atoms with E-state index in [0.29, 0.717) is 6.10 Å². The van der Waals surface area contributed by atoms with E-state index in [4.69, 9.17) is 10.5 Å². The van der Waals surface area contributed by atoms with Crippen molar-refractivity contribution in [3.05, 3.63) is 22.4 Å². The van der Waals surface area contributed by atoms with E-state index in [0.717, 1.165) is 26.1 Å². The van der Waals surface area contributed by atoms with Gasteiger partial charge in [0.2, 0.25) is 0 Å². The summed E-state index contributed by atoms with van der Waals surface area (Å²) in [5.41, 5.74) is 7.89. The number of likely N-dealkylation sites (N-methyl/N-ethyl adjacent to an activating group) is 1. The van der Waals surface area contributed by atoms with Crippen LogP contribution in [0, 0.1) is 5.41 Å². The molecular weight excluding hydrogens is 256 g/mol. The smallest absolute Gasteiger partial charge is 0.0662 e. The molecule has 1 aromatic heterocycles. The fraction of sp³-hybridized carbons (Fsp3) is 0.733. The third-order valence-electron chi connectivity index (χ3n) is 4.59. The summed E-state index contributed by atoms with van der Waals surface area (Å²) in [6.45, 7) is 9.17. The maximum absolute atomic E-state index is 6.61. The van der Waals surface area contributed by atoms with Crippen LogP contribution in [0.2, 0.25) is 0 Å². The van der Waals surface area contributed by atoms with E-state index in [9.17, 15) is 0 Å². The second-order valence-electron chi connectivity index (χ2n) is 6.33. The van der Waals surface area contributed by atoms with E-state index in [2.05, 4.69) is 49.5 Å². The van der Waals surface area contributed by atoms with Crippen molar-refractivity contribution in [2.24, 2.45) is 11.1 Å². The number of nitrogens with zero attached hydrogens (tertiary/aromatic N) is 1. The molecule has 1 heterocycles. The molecule has 2 N–H and O–H groups in total. The maximum Gasteiger partial charge on any atom is 0.0662 e. The van der Waals surface area contributed by atoms with E-state index in [-0.39, 0.29) is 11.0 Å². The monoisotopic (exact) mass is 282 g/mol. The molecule has 1 aromatic rings. The molecular formula is C15H26N2OS. The van der Waals surface area contributed by atoms with Gasteiger partial charge in [-0.1, -0.05) is 13.8 Å². The number of rotatable bonds is 6. The molecule has 2 atom stereocenters. The van der Waals surface area contributed by atoms with E-state index in [1.807, 2.05) is 0 Å². The molecule has 1 saturated carbocycles. The molecule has 0 bridgehead atoms. The van der Waals surface area contributed by atoms with E-state index < -0.39 is 0 Å². The molecule has 3 nitrogen and oxygen atoms in total. The van der Waals surface area contributed by atoms with E-state index >= 15 is 0 Å². The Hall–Kier alpha value is -0.420. The highest BCUT2D eigenvalue weighted by molar-refractivity contribution is 7.07. The number of ether oxygens (including phenoxy) is 1. The molecule has 4 heteroatoms. The van der Waals surface area contributed by atoms with Gasteiger partial charge in [0.15, 0.2) is 0 Å². The minimum absolute atomic E-state index is 0.0475. The molecule has 0 radical (unpaired) electrons. The summed E-state index contributed by atoms with van der Waals surface area (Å²) >= 11 is 1.75. The summed E-state index contributed by atoms with van der Waals surface area (Å²) in [7, 11) is 2.15. The van der Waals surface area contributed by atoms with Crippen molar-refractivity contribution >= 4 is 11.3 Å². The van der Waals surface area contributed by atoms with Gasteiger partial charge < -0.3 is 15.4 Å². The molecule has 0 amide bonds. The van der Waals surface area contributed by atoms with Crippen molar-refractivity contribution in [3.8, 4) is 0 Å². The first-order valence-electron chi connectivity index (χ1n) is 6.99. The first-order valence-corrected chi connectivity index (χ1v) is 7.93. The zero-order valence-corrected chi connectivity index (χ0v) is 13.3. The van der Waals surface area contributed by atoms with Gasteiger partial charge in [-0.15, -0.1) is 0 Å². The van der Waals surface area contributed by atoms with Crippen LogP contribution < -0.4 is 5.73 Å². The zero-order valence-electron chi connectivity index (χ0n) is 12.5. The van der Waals surface area contributed by atoms with Crippen molar-refractivity contribution in [2.75, 3.05) is 20.2 Å². The molecule has 2 unspecified atom stereocenters. The summed E-state index contributed by atoms with van der Waals surface area (Å²) in [6.07, 6.45) is 1.26. The molecule has 19 heavy (non-hydrogen) atoms. The zero-order chi connectivity index (χ0) is 14.1. The Morgan fingerprint density at radius 2 is 2.26 bits per heavy atom. The molecule has 1 fully saturated rings. The highest BCUT2D eigenvalue weighted by Crippen LogP contribution is 2.50. The first-order chi connectivity index (χ1) is 8.89. The van der Waals surface area contributed by atoms with Crippen molar-refractivity contribution in [1.82, 2.24) is 4.90 Å². The van der Waals surface area contributed by atoms with Crippen LogP contribution in [-0.2, 0) is 11.3 Å².